The van der Waals surface area contributed by atoms with Gasteiger partial charge in [0.25, 0.3) is 0 Å². The number of hydrogen-bond acceptors (Lipinski definition) is 1. The second-order valence-corrected chi connectivity index (χ2v) is 5.06. The fourth-order valence-corrected chi connectivity index (χ4v) is 2.44. The Kier molecular flexibility index (Phi) is 3.29. The van der Waals surface area contributed by atoms with Crippen LogP contribution in [0.25, 0.3) is 0 Å². The maximum Gasteiger partial charge on any atom is 0.137 e. The summed E-state index contributed by atoms with van der Waals surface area (Å²) in [7, 11) is 0. The van der Waals surface area contributed by atoms with Crippen molar-refractivity contribution in [3.8, 4) is 0 Å². The van der Waals surface area contributed by atoms with Crippen molar-refractivity contribution in [3.63, 3.8) is 0 Å². The number of benzene rings is 1. The van der Waals surface area contributed by atoms with Crippen molar-refractivity contribution in [2.75, 3.05) is 5.32 Å². The van der Waals surface area contributed by atoms with Crippen LogP contribution in [0.5, 0.6) is 0 Å². The van der Waals surface area contributed by atoms with Gasteiger partial charge in [0, 0.05) is 11.7 Å². The molecule has 1 aliphatic carbocycles. The molecule has 1 aromatic carbocycles. The number of rotatable bonds is 2. The van der Waals surface area contributed by atoms with Crippen molar-refractivity contribution in [1.29, 1.82) is 0 Å². The molecule has 1 saturated carbocycles. The van der Waals surface area contributed by atoms with Crippen LogP contribution in [0, 0.1) is 12.7 Å². The molecule has 0 aromatic heterocycles. The Balaban J connectivity index is 2.16. The Hall–Kier alpha value is -0.570. The highest BCUT2D eigenvalue weighted by Gasteiger charge is 2.15. The third kappa shape index (κ3) is 2.51. The zero-order valence-electron chi connectivity index (χ0n) is 8.82. The van der Waals surface area contributed by atoms with E-state index >= 15 is 0 Å². The average molecular weight is 272 g/mol. The van der Waals surface area contributed by atoms with E-state index in [4.69, 9.17) is 0 Å². The Bertz CT molecular complexity index is 359. The van der Waals surface area contributed by atoms with E-state index in [1.807, 2.05) is 13.0 Å². The molecule has 0 unspecified atom stereocenters. The van der Waals surface area contributed by atoms with Gasteiger partial charge in [-0.15, -0.1) is 0 Å². The minimum atomic E-state index is -0.190. The molecule has 82 valence electrons. The van der Waals surface area contributed by atoms with E-state index in [0.717, 1.165) is 11.3 Å². The molecule has 0 bridgehead atoms. The molecule has 1 fully saturated rings. The molecule has 0 heterocycles. The lowest BCUT2D eigenvalue weighted by molar-refractivity contribution is 0.619. The monoisotopic (exact) mass is 271 g/mol. The fourth-order valence-electron chi connectivity index (χ4n) is 2.09. The SMILES string of the molecule is Cc1cc(F)c(Br)cc1NC1CCCC1. The first-order chi connectivity index (χ1) is 7.16. The molecule has 0 saturated heterocycles. The lowest BCUT2D eigenvalue weighted by Gasteiger charge is -2.16. The van der Waals surface area contributed by atoms with Gasteiger partial charge in [0.1, 0.15) is 5.82 Å². The molecule has 15 heavy (non-hydrogen) atoms. The second-order valence-electron chi connectivity index (χ2n) is 4.21. The van der Waals surface area contributed by atoms with Crippen LogP contribution in [-0.2, 0) is 0 Å². The van der Waals surface area contributed by atoms with Gasteiger partial charge in [-0.25, -0.2) is 4.39 Å². The highest BCUT2D eigenvalue weighted by atomic mass is 79.9. The fraction of sp³-hybridized carbons (Fsp3) is 0.500. The largest absolute Gasteiger partial charge is 0.382 e. The lowest BCUT2D eigenvalue weighted by Crippen LogP contribution is -2.15. The van der Waals surface area contributed by atoms with Crippen LogP contribution in [0.1, 0.15) is 31.2 Å². The number of hydrogen-bond donors (Lipinski definition) is 1. The van der Waals surface area contributed by atoms with E-state index in [0.29, 0.717) is 10.5 Å². The summed E-state index contributed by atoms with van der Waals surface area (Å²) in [5.41, 5.74) is 2.03. The molecule has 2 rings (SSSR count). The Labute approximate surface area is 98.2 Å². The van der Waals surface area contributed by atoms with Crippen LogP contribution in [0.2, 0.25) is 0 Å². The average Bonchev–Trinajstić information content (AvgIpc) is 2.67. The quantitative estimate of drug-likeness (QED) is 0.848. The highest BCUT2D eigenvalue weighted by Crippen LogP contribution is 2.28. The van der Waals surface area contributed by atoms with E-state index in [1.54, 1.807) is 6.07 Å². The van der Waals surface area contributed by atoms with Crippen molar-refractivity contribution in [3.05, 3.63) is 28.0 Å². The number of aryl methyl sites for hydroxylation is 1. The summed E-state index contributed by atoms with van der Waals surface area (Å²) >= 11 is 3.21. The minimum Gasteiger partial charge on any atom is -0.382 e. The van der Waals surface area contributed by atoms with E-state index in [2.05, 4.69) is 21.2 Å². The zero-order valence-corrected chi connectivity index (χ0v) is 10.4. The minimum absolute atomic E-state index is 0.190. The molecule has 0 amide bonds. The highest BCUT2D eigenvalue weighted by molar-refractivity contribution is 9.10. The van der Waals surface area contributed by atoms with Crippen LogP contribution < -0.4 is 5.32 Å². The van der Waals surface area contributed by atoms with E-state index in [9.17, 15) is 4.39 Å². The van der Waals surface area contributed by atoms with Gasteiger partial charge in [-0.1, -0.05) is 12.8 Å². The zero-order chi connectivity index (χ0) is 10.8. The molecule has 0 radical (unpaired) electrons. The predicted octanol–water partition coefficient (Wildman–Crippen LogP) is 4.25. The Morgan fingerprint density at radius 3 is 2.67 bits per heavy atom. The molecular formula is C12H15BrFN. The van der Waals surface area contributed by atoms with Gasteiger partial charge in [-0.3, -0.25) is 0 Å². The predicted molar refractivity (Wildman–Crippen MR) is 64.7 cm³/mol. The van der Waals surface area contributed by atoms with E-state index < -0.39 is 0 Å². The van der Waals surface area contributed by atoms with Gasteiger partial charge < -0.3 is 5.32 Å². The summed E-state index contributed by atoms with van der Waals surface area (Å²) in [6, 6.07) is 3.98. The summed E-state index contributed by atoms with van der Waals surface area (Å²) < 4.78 is 13.7. The van der Waals surface area contributed by atoms with E-state index in [1.165, 1.54) is 25.7 Å². The van der Waals surface area contributed by atoms with Gasteiger partial charge in [0.15, 0.2) is 0 Å². The number of halogens is 2. The summed E-state index contributed by atoms with van der Waals surface area (Å²) in [5, 5.41) is 3.48. The summed E-state index contributed by atoms with van der Waals surface area (Å²) in [6.07, 6.45) is 5.07. The van der Waals surface area contributed by atoms with Crippen molar-refractivity contribution in [2.24, 2.45) is 0 Å². The first kappa shape index (κ1) is 10.9. The third-order valence-electron chi connectivity index (χ3n) is 2.98. The van der Waals surface area contributed by atoms with Gasteiger partial charge in [0.2, 0.25) is 0 Å². The topological polar surface area (TPSA) is 12.0 Å². The van der Waals surface area contributed by atoms with Crippen LogP contribution in [0.4, 0.5) is 10.1 Å². The van der Waals surface area contributed by atoms with Crippen molar-refractivity contribution < 1.29 is 4.39 Å². The van der Waals surface area contributed by atoms with Gasteiger partial charge in [0.05, 0.1) is 4.47 Å². The van der Waals surface area contributed by atoms with Crippen molar-refractivity contribution >= 4 is 21.6 Å². The van der Waals surface area contributed by atoms with Crippen LogP contribution >= 0.6 is 15.9 Å². The van der Waals surface area contributed by atoms with Crippen LogP contribution in [0.3, 0.4) is 0 Å². The number of nitrogens with one attached hydrogen (secondary N) is 1. The summed E-state index contributed by atoms with van der Waals surface area (Å²) in [6.45, 7) is 1.94. The van der Waals surface area contributed by atoms with Crippen molar-refractivity contribution in [1.82, 2.24) is 0 Å². The number of anilines is 1. The second kappa shape index (κ2) is 4.52. The van der Waals surface area contributed by atoms with Gasteiger partial charge in [-0.2, -0.15) is 0 Å². The van der Waals surface area contributed by atoms with Crippen molar-refractivity contribution in [2.45, 2.75) is 38.6 Å². The molecule has 1 aromatic rings. The van der Waals surface area contributed by atoms with Crippen LogP contribution in [0.15, 0.2) is 16.6 Å². The standard InChI is InChI=1S/C12H15BrFN/c1-8-6-11(14)10(13)7-12(8)15-9-4-2-3-5-9/h6-7,9,15H,2-5H2,1H3. The lowest BCUT2D eigenvalue weighted by atomic mass is 10.1. The summed E-state index contributed by atoms with van der Waals surface area (Å²) in [4.78, 5) is 0. The van der Waals surface area contributed by atoms with E-state index in [-0.39, 0.29) is 5.82 Å². The molecule has 1 N–H and O–H groups in total. The van der Waals surface area contributed by atoms with Crippen LogP contribution in [-0.4, -0.2) is 6.04 Å². The Morgan fingerprint density at radius 2 is 2.00 bits per heavy atom. The maximum absolute atomic E-state index is 13.2. The maximum atomic E-state index is 13.2. The smallest absolute Gasteiger partial charge is 0.137 e. The first-order valence-electron chi connectivity index (χ1n) is 5.39. The molecule has 1 aliphatic rings. The normalized spacial score (nSPS) is 17.0. The Morgan fingerprint density at radius 1 is 1.33 bits per heavy atom. The molecule has 0 atom stereocenters. The molecule has 3 heteroatoms. The van der Waals surface area contributed by atoms with Gasteiger partial charge >= 0.3 is 0 Å². The molecular weight excluding hydrogens is 257 g/mol. The third-order valence-corrected chi connectivity index (χ3v) is 3.59. The molecule has 1 nitrogen and oxygen atoms in total. The summed E-state index contributed by atoms with van der Waals surface area (Å²) in [5.74, 6) is -0.190. The molecule has 0 spiro atoms. The first-order valence-corrected chi connectivity index (χ1v) is 6.18. The van der Waals surface area contributed by atoms with Gasteiger partial charge in [-0.05, 0) is 53.4 Å². The molecule has 0 aliphatic heterocycles.